The van der Waals surface area contributed by atoms with Crippen molar-refractivity contribution in [2.24, 2.45) is 0 Å². The number of amides is 1. The SMILES string of the molecule is CCOc1cc2ncnc(Nc3ccc4c(ccn4S(=O)(=O)c4ccccc4)c3)c2cc1NC(=O)C=CCN1CCOCC1. The minimum absolute atomic E-state index is 0.217. The molecule has 0 aliphatic carbocycles. The molecule has 44 heavy (non-hydrogen) atoms. The number of ether oxygens (including phenoxy) is 2. The fourth-order valence-electron chi connectivity index (χ4n) is 5.07. The van der Waals surface area contributed by atoms with E-state index in [1.807, 2.05) is 19.1 Å². The van der Waals surface area contributed by atoms with Crippen molar-refractivity contribution < 1.29 is 22.7 Å². The molecular formula is C32H32N6O5S. The first kappa shape index (κ1) is 29.3. The molecule has 5 aromatic rings. The zero-order valence-corrected chi connectivity index (χ0v) is 25.0. The molecule has 11 nitrogen and oxygen atoms in total. The maximum Gasteiger partial charge on any atom is 0.268 e. The summed E-state index contributed by atoms with van der Waals surface area (Å²) in [4.78, 5) is 24.1. The third-order valence-corrected chi connectivity index (χ3v) is 8.95. The Balaban J connectivity index is 1.26. The highest BCUT2D eigenvalue weighted by Crippen LogP contribution is 2.34. The molecule has 3 aromatic carbocycles. The topological polar surface area (TPSA) is 128 Å². The zero-order valence-electron chi connectivity index (χ0n) is 24.1. The lowest BCUT2D eigenvalue weighted by atomic mass is 10.1. The van der Waals surface area contributed by atoms with Crippen LogP contribution in [0, 0.1) is 0 Å². The maximum atomic E-state index is 13.2. The van der Waals surface area contributed by atoms with Crippen molar-refractivity contribution in [2.45, 2.75) is 11.8 Å². The van der Waals surface area contributed by atoms with Crippen LogP contribution in [0.1, 0.15) is 6.92 Å². The Kier molecular flexibility index (Phi) is 8.55. The Morgan fingerprint density at radius 2 is 1.86 bits per heavy atom. The van der Waals surface area contributed by atoms with E-state index >= 15 is 0 Å². The second-order valence-corrected chi connectivity index (χ2v) is 12.0. The summed E-state index contributed by atoms with van der Waals surface area (Å²) < 4.78 is 38.9. The van der Waals surface area contributed by atoms with Crippen LogP contribution >= 0.6 is 0 Å². The van der Waals surface area contributed by atoms with E-state index in [9.17, 15) is 13.2 Å². The highest BCUT2D eigenvalue weighted by molar-refractivity contribution is 7.90. The van der Waals surface area contributed by atoms with E-state index in [0.29, 0.717) is 65.7 Å². The van der Waals surface area contributed by atoms with Gasteiger partial charge in [0.25, 0.3) is 10.0 Å². The molecule has 6 rings (SSSR count). The molecule has 1 aliphatic heterocycles. The Hall–Kier alpha value is -4.78. The highest BCUT2D eigenvalue weighted by atomic mass is 32.2. The normalized spacial score (nSPS) is 14.3. The molecule has 0 bridgehead atoms. The largest absolute Gasteiger partial charge is 0.492 e. The van der Waals surface area contributed by atoms with Crippen LogP contribution in [0.15, 0.2) is 96.3 Å². The van der Waals surface area contributed by atoms with Gasteiger partial charge >= 0.3 is 0 Å². The van der Waals surface area contributed by atoms with Gasteiger partial charge in [-0.2, -0.15) is 0 Å². The summed E-state index contributed by atoms with van der Waals surface area (Å²) in [6.45, 7) is 6.03. The average Bonchev–Trinajstić information content (AvgIpc) is 3.47. The molecule has 3 heterocycles. The van der Waals surface area contributed by atoms with Crippen LogP contribution in [0.5, 0.6) is 5.75 Å². The van der Waals surface area contributed by atoms with Crippen molar-refractivity contribution in [2.75, 3.05) is 50.1 Å². The van der Waals surface area contributed by atoms with Gasteiger partial charge in [-0.05, 0) is 49.4 Å². The first-order chi connectivity index (χ1) is 21.4. The second-order valence-electron chi connectivity index (χ2n) is 10.2. The van der Waals surface area contributed by atoms with Crippen molar-refractivity contribution in [3.05, 3.63) is 91.4 Å². The third-order valence-electron chi connectivity index (χ3n) is 7.25. The Morgan fingerprint density at radius 1 is 1.05 bits per heavy atom. The molecule has 0 unspecified atom stereocenters. The van der Waals surface area contributed by atoms with Gasteiger partial charge in [0, 0.05) is 54.4 Å². The number of benzene rings is 3. The van der Waals surface area contributed by atoms with Crippen molar-refractivity contribution in [3.8, 4) is 5.75 Å². The predicted molar refractivity (Wildman–Crippen MR) is 170 cm³/mol. The van der Waals surface area contributed by atoms with E-state index in [-0.39, 0.29) is 10.8 Å². The lowest BCUT2D eigenvalue weighted by Gasteiger charge is -2.25. The molecule has 0 spiro atoms. The van der Waals surface area contributed by atoms with Gasteiger partial charge in [-0.1, -0.05) is 24.3 Å². The van der Waals surface area contributed by atoms with Gasteiger partial charge < -0.3 is 20.1 Å². The van der Waals surface area contributed by atoms with Crippen LogP contribution in [-0.2, 0) is 19.6 Å². The van der Waals surface area contributed by atoms with Gasteiger partial charge in [0.05, 0.1) is 41.4 Å². The molecule has 0 atom stereocenters. The smallest absolute Gasteiger partial charge is 0.268 e. The minimum Gasteiger partial charge on any atom is -0.492 e. The summed E-state index contributed by atoms with van der Waals surface area (Å²) in [6, 6.07) is 19.1. The lowest BCUT2D eigenvalue weighted by molar-refractivity contribution is -0.111. The molecule has 226 valence electrons. The second kappa shape index (κ2) is 12.8. The third kappa shape index (κ3) is 6.27. The summed E-state index contributed by atoms with van der Waals surface area (Å²) in [6.07, 6.45) is 6.37. The summed E-state index contributed by atoms with van der Waals surface area (Å²) in [5.41, 5.74) is 2.39. The molecule has 12 heteroatoms. The van der Waals surface area contributed by atoms with Crippen molar-refractivity contribution in [3.63, 3.8) is 0 Å². The number of hydrogen-bond acceptors (Lipinski definition) is 9. The number of hydrogen-bond donors (Lipinski definition) is 2. The van der Waals surface area contributed by atoms with Crippen LogP contribution < -0.4 is 15.4 Å². The van der Waals surface area contributed by atoms with Crippen LogP contribution in [0.3, 0.4) is 0 Å². The number of morpholine rings is 1. The number of carbonyl (C=O) groups excluding carboxylic acids is 1. The van der Waals surface area contributed by atoms with E-state index in [0.717, 1.165) is 18.5 Å². The van der Waals surface area contributed by atoms with Crippen molar-refractivity contribution >= 4 is 54.9 Å². The molecule has 0 radical (unpaired) electrons. The van der Waals surface area contributed by atoms with Gasteiger partial charge in [-0.25, -0.2) is 22.4 Å². The van der Waals surface area contributed by atoms with Gasteiger partial charge in [0.15, 0.2) is 0 Å². The quantitative estimate of drug-likeness (QED) is 0.214. The zero-order chi connectivity index (χ0) is 30.5. The Bertz CT molecular complexity index is 1940. The van der Waals surface area contributed by atoms with E-state index in [1.54, 1.807) is 66.9 Å². The number of nitrogens with zero attached hydrogens (tertiary/aromatic N) is 4. The van der Waals surface area contributed by atoms with E-state index in [4.69, 9.17) is 9.47 Å². The number of fused-ring (bicyclic) bond motifs is 2. The van der Waals surface area contributed by atoms with E-state index in [2.05, 4.69) is 25.5 Å². The molecule has 2 N–H and O–H groups in total. The molecule has 1 fully saturated rings. The fraction of sp³-hybridized carbons (Fsp3) is 0.219. The Labute approximate surface area is 255 Å². The molecule has 1 aliphatic rings. The van der Waals surface area contributed by atoms with Crippen LogP contribution in [0.2, 0.25) is 0 Å². The summed E-state index contributed by atoms with van der Waals surface area (Å²) in [7, 11) is -3.74. The first-order valence-corrected chi connectivity index (χ1v) is 15.7. The van der Waals surface area contributed by atoms with E-state index in [1.165, 1.54) is 16.4 Å². The van der Waals surface area contributed by atoms with Crippen LogP contribution in [0.4, 0.5) is 17.2 Å². The average molecular weight is 613 g/mol. The van der Waals surface area contributed by atoms with Gasteiger partial charge in [-0.3, -0.25) is 9.69 Å². The lowest BCUT2D eigenvalue weighted by Crippen LogP contribution is -2.36. The van der Waals surface area contributed by atoms with Gasteiger partial charge in [0.2, 0.25) is 5.91 Å². The number of anilines is 3. The van der Waals surface area contributed by atoms with Crippen molar-refractivity contribution in [1.82, 2.24) is 18.8 Å². The van der Waals surface area contributed by atoms with E-state index < -0.39 is 10.0 Å². The van der Waals surface area contributed by atoms with Gasteiger partial charge in [0.1, 0.15) is 17.9 Å². The van der Waals surface area contributed by atoms with Gasteiger partial charge in [-0.15, -0.1) is 0 Å². The van der Waals surface area contributed by atoms with Crippen LogP contribution in [0.25, 0.3) is 21.8 Å². The first-order valence-electron chi connectivity index (χ1n) is 14.3. The molecule has 1 amide bonds. The summed E-state index contributed by atoms with van der Waals surface area (Å²) in [5.74, 6) is 0.749. The molecule has 1 saturated heterocycles. The standard InChI is InChI=1S/C32H32N6O5S/c1-2-43-30-21-27-26(20-28(30)36-31(39)9-6-13-37-15-17-42-18-16-37)32(34-22-33-27)35-24-10-11-29-23(19-24)12-14-38(29)44(40,41)25-7-4-3-5-8-25/h3-12,14,19-22H,2,13,15-18H2,1H3,(H,36,39)(H,33,34,35). The number of carbonyl (C=O) groups is 1. The molecule has 0 saturated carbocycles. The summed E-state index contributed by atoms with van der Waals surface area (Å²) >= 11 is 0. The maximum absolute atomic E-state index is 13.2. The molecular weight excluding hydrogens is 580 g/mol. The van der Waals surface area contributed by atoms with Crippen molar-refractivity contribution in [1.29, 1.82) is 0 Å². The molecule has 2 aromatic heterocycles. The number of rotatable bonds is 10. The Morgan fingerprint density at radius 3 is 2.66 bits per heavy atom. The number of nitrogens with one attached hydrogen (secondary N) is 2. The summed E-state index contributed by atoms with van der Waals surface area (Å²) in [5, 5.41) is 7.68. The highest BCUT2D eigenvalue weighted by Gasteiger charge is 2.19. The van der Waals surface area contributed by atoms with Crippen LogP contribution in [-0.4, -0.2) is 72.6 Å². The minimum atomic E-state index is -3.74. The predicted octanol–water partition coefficient (Wildman–Crippen LogP) is 4.79. The fourth-order valence-corrected chi connectivity index (χ4v) is 6.44. The number of aromatic nitrogens is 3. The monoisotopic (exact) mass is 612 g/mol.